The van der Waals surface area contributed by atoms with Crippen LogP contribution >= 0.6 is 11.3 Å². The molecule has 128 valence electrons. The number of thiazole rings is 1. The van der Waals surface area contributed by atoms with Gasteiger partial charge in [0, 0.05) is 44.0 Å². The molecule has 2 aromatic rings. The van der Waals surface area contributed by atoms with E-state index in [2.05, 4.69) is 9.88 Å². The van der Waals surface area contributed by atoms with Crippen LogP contribution in [0, 0.1) is 0 Å². The first-order chi connectivity index (χ1) is 11.3. The van der Waals surface area contributed by atoms with Crippen molar-refractivity contribution < 1.29 is 18.0 Å². The summed E-state index contributed by atoms with van der Waals surface area (Å²) in [6.45, 7) is 4.29. The van der Waals surface area contributed by atoms with Crippen LogP contribution < -0.4 is 4.90 Å². The third-order valence-electron chi connectivity index (χ3n) is 4.00. The molecule has 0 N–H and O–H groups in total. The number of hydrogen-bond donors (Lipinski definition) is 0. The Hall–Kier alpha value is -2.09. The number of nitrogens with zero attached hydrogens (tertiary/aromatic N) is 3. The molecule has 1 aliphatic rings. The van der Waals surface area contributed by atoms with Gasteiger partial charge < -0.3 is 9.80 Å². The van der Waals surface area contributed by atoms with Crippen molar-refractivity contribution in [2.75, 3.05) is 31.1 Å². The second kappa shape index (κ2) is 6.43. The van der Waals surface area contributed by atoms with Crippen LogP contribution in [-0.2, 0) is 11.0 Å². The molecular formula is C16H16F3N3OS. The highest BCUT2D eigenvalue weighted by Gasteiger charge is 2.30. The van der Waals surface area contributed by atoms with E-state index in [1.807, 2.05) is 5.38 Å². The molecule has 1 fully saturated rings. The van der Waals surface area contributed by atoms with Gasteiger partial charge in [-0.2, -0.15) is 13.2 Å². The van der Waals surface area contributed by atoms with Gasteiger partial charge in [0.25, 0.3) is 0 Å². The molecule has 0 saturated carbocycles. The Morgan fingerprint density at radius 2 is 1.75 bits per heavy atom. The van der Waals surface area contributed by atoms with E-state index in [-0.39, 0.29) is 5.91 Å². The fraction of sp³-hybridized carbons (Fsp3) is 0.375. The summed E-state index contributed by atoms with van der Waals surface area (Å²) in [6.07, 6.45) is -4.33. The number of alkyl halides is 3. The average Bonchev–Trinajstić information content (AvgIpc) is 3.04. The Kier molecular flexibility index (Phi) is 4.49. The van der Waals surface area contributed by atoms with E-state index >= 15 is 0 Å². The fourth-order valence-electron chi connectivity index (χ4n) is 2.58. The standard InChI is InChI=1S/C16H16F3N3OS/c1-11(23)21-6-8-22(9-7-21)15-20-14(10-24-15)12-2-4-13(5-3-12)16(17,18)19/h2-5,10H,6-9H2,1H3. The second-order valence-electron chi connectivity index (χ2n) is 5.58. The largest absolute Gasteiger partial charge is 0.416 e. The molecule has 0 aliphatic carbocycles. The molecule has 1 aromatic carbocycles. The summed E-state index contributed by atoms with van der Waals surface area (Å²) in [5.41, 5.74) is 0.660. The third-order valence-corrected chi connectivity index (χ3v) is 4.90. The van der Waals surface area contributed by atoms with Gasteiger partial charge in [0.1, 0.15) is 0 Å². The molecule has 0 atom stereocenters. The predicted octanol–water partition coefficient (Wildman–Crippen LogP) is 3.50. The first-order valence-corrected chi connectivity index (χ1v) is 8.36. The molecule has 0 bridgehead atoms. The minimum Gasteiger partial charge on any atom is -0.345 e. The molecular weight excluding hydrogens is 339 g/mol. The second-order valence-corrected chi connectivity index (χ2v) is 6.42. The highest BCUT2D eigenvalue weighted by atomic mass is 32.1. The monoisotopic (exact) mass is 355 g/mol. The zero-order valence-electron chi connectivity index (χ0n) is 13.0. The molecule has 3 rings (SSSR count). The third kappa shape index (κ3) is 3.53. The molecule has 0 spiro atoms. The van der Waals surface area contributed by atoms with E-state index < -0.39 is 11.7 Å². The number of rotatable bonds is 2. The lowest BCUT2D eigenvalue weighted by molar-refractivity contribution is -0.137. The highest BCUT2D eigenvalue weighted by Crippen LogP contribution is 2.32. The van der Waals surface area contributed by atoms with Crippen LogP contribution in [0.25, 0.3) is 11.3 Å². The Labute approximate surface area is 141 Å². The minimum absolute atomic E-state index is 0.0687. The van der Waals surface area contributed by atoms with Crippen molar-refractivity contribution in [2.45, 2.75) is 13.1 Å². The summed E-state index contributed by atoms with van der Waals surface area (Å²) in [4.78, 5) is 19.8. The summed E-state index contributed by atoms with van der Waals surface area (Å²) in [6, 6.07) is 5.02. The van der Waals surface area contributed by atoms with Gasteiger partial charge in [-0.3, -0.25) is 4.79 Å². The van der Waals surface area contributed by atoms with Crippen molar-refractivity contribution in [3.63, 3.8) is 0 Å². The smallest absolute Gasteiger partial charge is 0.345 e. The Balaban J connectivity index is 1.71. The molecule has 0 unspecified atom stereocenters. The minimum atomic E-state index is -4.33. The van der Waals surface area contributed by atoms with Gasteiger partial charge >= 0.3 is 6.18 Å². The van der Waals surface area contributed by atoms with Crippen LogP contribution in [-0.4, -0.2) is 42.0 Å². The zero-order valence-corrected chi connectivity index (χ0v) is 13.8. The first kappa shape index (κ1) is 16.8. The van der Waals surface area contributed by atoms with E-state index in [1.54, 1.807) is 11.8 Å². The van der Waals surface area contributed by atoms with Crippen molar-refractivity contribution >= 4 is 22.4 Å². The van der Waals surface area contributed by atoms with Crippen LogP contribution in [0.5, 0.6) is 0 Å². The summed E-state index contributed by atoms with van der Waals surface area (Å²) in [5, 5.41) is 2.67. The lowest BCUT2D eigenvalue weighted by atomic mass is 10.1. The SMILES string of the molecule is CC(=O)N1CCN(c2nc(-c3ccc(C(F)(F)F)cc3)cs2)CC1. The Morgan fingerprint density at radius 1 is 1.12 bits per heavy atom. The van der Waals surface area contributed by atoms with E-state index in [9.17, 15) is 18.0 Å². The van der Waals surface area contributed by atoms with Gasteiger partial charge in [0.2, 0.25) is 5.91 Å². The number of carbonyl (C=O) groups excluding carboxylic acids is 1. The van der Waals surface area contributed by atoms with Crippen molar-refractivity contribution in [3.05, 3.63) is 35.2 Å². The zero-order chi connectivity index (χ0) is 17.3. The number of aromatic nitrogens is 1. The topological polar surface area (TPSA) is 36.4 Å². The molecule has 8 heteroatoms. The van der Waals surface area contributed by atoms with Gasteiger partial charge in [-0.05, 0) is 12.1 Å². The van der Waals surface area contributed by atoms with E-state index in [1.165, 1.54) is 23.5 Å². The van der Waals surface area contributed by atoms with Gasteiger partial charge in [0.15, 0.2) is 5.13 Å². The quantitative estimate of drug-likeness (QED) is 0.827. The van der Waals surface area contributed by atoms with Gasteiger partial charge in [0.05, 0.1) is 11.3 Å². The van der Waals surface area contributed by atoms with Gasteiger partial charge in [-0.15, -0.1) is 11.3 Å². The molecule has 1 saturated heterocycles. The lowest BCUT2D eigenvalue weighted by Crippen LogP contribution is -2.48. The first-order valence-electron chi connectivity index (χ1n) is 7.48. The maximum atomic E-state index is 12.6. The number of benzene rings is 1. The molecule has 4 nitrogen and oxygen atoms in total. The highest BCUT2D eigenvalue weighted by molar-refractivity contribution is 7.14. The van der Waals surface area contributed by atoms with Crippen molar-refractivity contribution in [2.24, 2.45) is 0 Å². The number of halogens is 3. The van der Waals surface area contributed by atoms with E-state index in [0.29, 0.717) is 37.4 Å². The van der Waals surface area contributed by atoms with Gasteiger partial charge in [-0.1, -0.05) is 12.1 Å². The fourth-order valence-corrected chi connectivity index (χ4v) is 3.47. The molecule has 1 amide bonds. The lowest BCUT2D eigenvalue weighted by Gasteiger charge is -2.33. The van der Waals surface area contributed by atoms with E-state index in [0.717, 1.165) is 17.3 Å². The van der Waals surface area contributed by atoms with Crippen molar-refractivity contribution in [1.82, 2.24) is 9.88 Å². The molecule has 24 heavy (non-hydrogen) atoms. The van der Waals surface area contributed by atoms with Crippen LogP contribution in [0.2, 0.25) is 0 Å². The number of amides is 1. The normalized spacial score (nSPS) is 15.7. The summed E-state index contributed by atoms with van der Waals surface area (Å²) < 4.78 is 37.8. The maximum Gasteiger partial charge on any atom is 0.416 e. The predicted molar refractivity (Wildman–Crippen MR) is 87.0 cm³/mol. The summed E-state index contributed by atoms with van der Waals surface area (Å²) >= 11 is 1.46. The molecule has 0 radical (unpaired) electrons. The van der Waals surface area contributed by atoms with Gasteiger partial charge in [-0.25, -0.2) is 4.98 Å². The van der Waals surface area contributed by atoms with Crippen LogP contribution in [0.3, 0.4) is 0 Å². The number of hydrogen-bond acceptors (Lipinski definition) is 4. The Bertz CT molecular complexity index is 719. The summed E-state index contributed by atoms with van der Waals surface area (Å²) in [7, 11) is 0. The van der Waals surface area contributed by atoms with Crippen LogP contribution in [0.15, 0.2) is 29.6 Å². The number of piperazine rings is 1. The van der Waals surface area contributed by atoms with Crippen LogP contribution in [0.4, 0.5) is 18.3 Å². The number of anilines is 1. The average molecular weight is 355 g/mol. The van der Waals surface area contributed by atoms with E-state index in [4.69, 9.17) is 0 Å². The van der Waals surface area contributed by atoms with Crippen LogP contribution in [0.1, 0.15) is 12.5 Å². The summed E-state index contributed by atoms with van der Waals surface area (Å²) in [5.74, 6) is 0.0687. The molecule has 2 heterocycles. The molecule has 1 aromatic heterocycles. The molecule has 1 aliphatic heterocycles. The van der Waals surface area contributed by atoms with Crippen molar-refractivity contribution in [3.8, 4) is 11.3 Å². The maximum absolute atomic E-state index is 12.6. The Morgan fingerprint density at radius 3 is 2.29 bits per heavy atom. The number of carbonyl (C=O) groups is 1. The van der Waals surface area contributed by atoms with Crippen molar-refractivity contribution in [1.29, 1.82) is 0 Å².